The molecule has 108 valence electrons. The Morgan fingerprint density at radius 3 is 2.53 bits per heavy atom. The van der Waals surface area contributed by atoms with Crippen LogP contribution in [0.2, 0.25) is 0 Å². The summed E-state index contributed by atoms with van der Waals surface area (Å²) < 4.78 is 30.0. The van der Waals surface area contributed by atoms with E-state index in [0.29, 0.717) is 12.3 Å². The zero-order valence-electron chi connectivity index (χ0n) is 11.9. The molecule has 0 aromatic heterocycles. The van der Waals surface area contributed by atoms with E-state index in [0.717, 1.165) is 23.9 Å². The minimum Gasteiger partial charge on any atom is -0.383 e. The van der Waals surface area contributed by atoms with Gasteiger partial charge in [-0.3, -0.25) is 4.72 Å². The van der Waals surface area contributed by atoms with Crippen molar-refractivity contribution in [2.45, 2.75) is 26.3 Å². The topological polar surface area (TPSA) is 67.4 Å². The first-order valence-electron chi connectivity index (χ1n) is 6.19. The van der Waals surface area contributed by atoms with Crippen molar-refractivity contribution in [3.63, 3.8) is 0 Å². The lowest BCUT2D eigenvalue weighted by atomic mass is 10.1. The lowest BCUT2D eigenvalue weighted by Crippen LogP contribution is -2.23. The SMILES string of the molecule is CCC(COC)Nc1ccc(NS(C)(=O)=O)c(C)c1. The average molecular weight is 286 g/mol. The van der Waals surface area contributed by atoms with Gasteiger partial charge in [-0.15, -0.1) is 0 Å². The lowest BCUT2D eigenvalue weighted by molar-refractivity contribution is 0.184. The molecule has 1 aromatic carbocycles. The fraction of sp³-hybridized carbons (Fsp3) is 0.538. The normalized spacial score (nSPS) is 13.1. The molecule has 1 aromatic rings. The summed E-state index contributed by atoms with van der Waals surface area (Å²) in [6.45, 7) is 4.60. The second kappa shape index (κ2) is 6.77. The predicted molar refractivity (Wildman–Crippen MR) is 79.2 cm³/mol. The fourth-order valence-corrected chi connectivity index (χ4v) is 2.39. The third-order valence-electron chi connectivity index (χ3n) is 2.75. The third-order valence-corrected chi connectivity index (χ3v) is 3.34. The van der Waals surface area contributed by atoms with Crippen molar-refractivity contribution in [1.82, 2.24) is 0 Å². The number of methoxy groups -OCH3 is 1. The Hall–Kier alpha value is -1.27. The van der Waals surface area contributed by atoms with Gasteiger partial charge in [0.05, 0.1) is 18.6 Å². The van der Waals surface area contributed by atoms with Crippen molar-refractivity contribution < 1.29 is 13.2 Å². The van der Waals surface area contributed by atoms with E-state index in [9.17, 15) is 8.42 Å². The Morgan fingerprint density at radius 1 is 1.37 bits per heavy atom. The van der Waals surface area contributed by atoms with Crippen LogP contribution in [-0.2, 0) is 14.8 Å². The van der Waals surface area contributed by atoms with Crippen LogP contribution in [0.25, 0.3) is 0 Å². The van der Waals surface area contributed by atoms with E-state index in [1.54, 1.807) is 13.2 Å². The zero-order chi connectivity index (χ0) is 14.5. The minimum absolute atomic E-state index is 0.248. The number of hydrogen-bond acceptors (Lipinski definition) is 4. The molecule has 0 aliphatic heterocycles. The van der Waals surface area contributed by atoms with Gasteiger partial charge in [0.25, 0.3) is 0 Å². The van der Waals surface area contributed by atoms with Crippen LogP contribution in [0.5, 0.6) is 0 Å². The smallest absolute Gasteiger partial charge is 0.229 e. The summed E-state index contributed by atoms with van der Waals surface area (Å²) in [7, 11) is -1.56. The highest BCUT2D eigenvalue weighted by atomic mass is 32.2. The van der Waals surface area contributed by atoms with Gasteiger partial charge in [-0.25, -0.2) is 8.42 Å². The number of hydrogen-bond donors (Lipinski definition) is 2. The van der Waals surface area contributed by atoms with E-state index >= 15 is 0 Å². The van der Waals surface area contributed by atoms with Gasteiger partial charge in [0.1, 0.15) is 0 Å². The number of ether oxygens (including phenoxy) is 1. The summed E-state index contributed by atoms with van der Waals surface area (Å²) in [4.78, 5) is 0. The monoisotopic (exact) mass is 286 g/mol. The molecule has 0 spiro atoms. The number of rotatable bonds is 7. The average Bonchev–Trinajstić information content (AvgIpc) is 2.30. The highest BCUT2D eigenvalue weighted by Gasteiger charge is 2.08. The van der Waals surface area contributed by atoms with Gasteiger partial charge >= 0.3 is 0 Å². The summed E-state index contributed by atoms with van der Waals surface area (Å²) in [6, 6.07) is 5.79. The molecule has 0 saturated heterocycles. The van der Waals surface area contributed by atoms with Crippen LogP contribution in [0.4, 0.5) is 11.4 Å². The van der Waals surface area contributed by atoms with E-state index in [2.05, 4.69) is 17.0 Å². The fourth-order valence-electron chi connectivity index (χ4n) is 1.77. The van der Waals surface area contributed by atoms with E-state index in [4.69, 9.17) is 4.74 Å². The van der Waals surface area contributed by atoms with Crippen molar-refractivity contribution >= 4 is 21.4 Å². The van der Waals surface area contributed by atoms with Crippen LogP contribution in [0.1, 0.15) is 18.9 Å². The summed E-state index contributed by atoms with van der Waals surface area (Å²) in [5.74, 6) is 0. The lowest BCUT2D eigenvalue weighted by Gasteiger charge is -2.18. The Balaban J connectivity index is 2.81. The molecule has 1 unspecified atom stereocenters. The molecule has 0 amide bonds. The first kappa shape index (κ1) is 15.8. The maximum absolute atomic E-state index is 11.2. The molecule has 6 heteroatoms. The largest absolute Gasteiger partial charge is 0.383 e. The molecular weight excluding hydrogens is 264 g/mol. The number of benzene rings is 1. The van der Waals surface area contributed by atoms with Crippen LogP contribution >= 0.6 is 0 Å². The van der Waals surface area contributed by atoms with Crippen LogP contribution in [-0.4, -0.2) is 34.4 Å². The highest BCUT2D eigenvalue weighted by Crippen LogP contribution is 2.21. The Kier molecular flexibility index (Phi) is 5.62. The van der Waals surface area contributed by atoms with Gasteiger partial charge in [0.15, 0.2) is 0 Å². The van der Waals surface area contributed by atoms with Crippen molar-refractivity contribution in [3.05, 3.63) is 23.8 Å². The molecule has 0 bridgehead atoms. The summed E-state index contributed by atoms with van der Waals surface area (Å²) in [6.07, 6.45) is 2.10. The first-order valence-corrected chi connectivity index (χ1v) is 8.08. The Bertz CT molecular complexity index is 515. The molecule has 0 saturated carbocycles. The Labute approximate surface area is 115 Å². The van der Waals surface area contributed by atoms with Crippen LogP contribution in [0, 0.1) is 6.92 Å². The molecule has 0 heterocycles. The molecule has 5 nitrogen and oxygen atoms in total. The maximum atomic E-state index is 11.2. The van der Waals surface area contributed by atoms with Crippen molar-refractivity contribution in [2.75, 3.05) is 30.0 Å². The highest BCUT2D eigenvalue weighted by molar-refractivity contribution is 7.92. The Morgan fingerprint density at radius 2 is 2.05 bits per heavy atom. The summed E-state index contributed by atoms with van der Waals surface area (Å²) in [5, 5.41) is 3.36. The number of sulfonamides is 1. The molecular formula is C13H22N2O3S. The molecule has 19 heavy (non-hydrogen) atoms. The molecule has 0 radical (unpaired) electrons. The number of nitrogens with one attached hydrogen (secondary N) is 2. The van der Waals surface area contributed by atoms with E-state index in [1.165, 1.54) is 0 Å². The van der Waals surface area contributed by atoms with Gasteiger partial charge in [-0.1, -0.05) is 6.92 Å². The molecule has 1 rings (SSSR count). The molecule has 0 fully saturated rings. The minimum atomic E-state index is -3.24. The number of aryl methyl sites for hydroxylation is 1. The van der Waals surface area contributed by atoms with Crippen molar-refractivity contribution in [3.8, 4) is 0 Å². The van der Waals surface area contributed by atoms with Gasteiger partial charge in [-0.2, -0.15) is 0 Å². The van der Waals surface area contributed by atoms with E-state index < -0.39 is 10.0 Å². The summed E-state index contributed by atoms with van der Waals surface area (Å²) in [5.41, 5.74) is 2.44. The van der Waals surface area contributed by atoms with Gasteiger partial charge in [0, 0.05) is 18.8 Å². The molecule has 2 N–H and O–H groups in total. The van der Waals surface area contributed by atoms with Crippen LogP contribution in [0.15, 0.2) is 18.2 Å². The van der Waals surface area contributed by atoms with Crippen molar-refractivity contribution in [1.29, 1.82) is 0 Å². The summed E-state index contributed by atoms with van der Waals surface area (Å²) >= 11 is 0. The molecule has 0 aliphatic rings. The third kappa shape index (κ3) is 5.48. The van der Waals surface area contributed by atoms with E-state index in [1.807, 2.05) is 19.1 Å². The standard InChI is InChI=1S/C13H22N2O3S/c1-5-11(9-18-3)14-12-6-7-13(10(2)8-12)15-19(4,16)17/h6-8,11,14-15H,5,9H2,1-4H3. The molecule has 1 atom stereocenters. The maximum Gasteiger partial charge on any atom is 0.229 e. The van der Waals surface area contributed by atoms with Gasteiger partial charge in [-0.05, 0) is 37.1 Å². The predicted octanol–water partition coefficient (Wildman–Crippen LogP) is 2.20. The van der Waals surface area contributed by atoms with Gasteiger partial charge < -0.3 is 10.1 Å². The second-order valence-electron chi connectivity index (χ2n) is 4.61. The van der Waals surface area contributed by atoms with E-state index in [-0.39, 0.29) is 6.04 Å². The zero-order valence-corrected chi connectivity index (χ0v) is 12.7. The van der Waals surface area contributed by atoms with Crippen molar-refractivity contribution in [2.24, 2.45) is 0 Å². The quantitative estimate of drug-likeness (QED) is 0.806. The first-order chi connectivity index (χ1) is 8.85. The second-order valence-corrected chi connectivity index (χ2v) is 6.36. The number of anilines is 2. The van der Waals surface area contributed by atoms with Crippen LogP contribution < -0.4 is 10.0 Å². The van der Waals surface area contributed by atoms with Gasteiger partial charge in [0.2, 0.25) is 10.0 Å². The molecule has 0 aliphatic carbocycles. The van der Waals surface area contributed by atoms with Crippen LogP contribution in [0.3, 0.4) is 0 Å².